The summed E-state index contributed by atoms with van der Waals surface area (Å²) in [4.78, 5) is 4.42. The molecule has 2 heteroatoms. The molecule has 108 valence electrons. The fourth-order valence-electron chi connectivity index (χ4n) is 2.80. The minimum Gasteiger partial charge on any atom is -0.310 e. The first-order chi connectivity index (χ1) is 8.81. The van der Waals surface area contributed by atoms with E-state index < -0.39 is 0 Å². The SMILES string of the molecule is CCNC(CC(C)CC(C)(C)C)c1ccc(C)nc1. The highest BCUT2D eigenvalue weighted by Crippen LogP contribution is 2.30. The molecule has 1 N–H and O–H groups in total. The summed E-state index contributed by atoms with van der Waals surface area (Å²) in [5.41, 5.74) is 2.80. The van der Waals surface area contributed by atoms with Crippen molar-refractivity contribution < 1.29 is 0 Å². The number of nitrogens with one attached hydrogen (secondary N) is 1. The van der Waals surface area contributed by atoms with Crippen LogP contribution in [0, 0.1) is 18.3 Å². The van der Waals surface area contributed by atoms with Crippen LogP contribution in [0.25, 0.3) is 0 Å². The minimum atomic E-state index is 0.404. The van der Waals surface area contributed by atoms with Crippen LogP contribution in [0.15, 0.2) is 18.3 Å². The molecular weight excluding hydrogens is 232 g/mol. The third-order valence-corrected chi connectivity index (χ3v) is 3.39. The van der Waals surface area contributed by atoms with Crippen molar-refractivity contribution in [3.8, 4) is 0 Å². The molecule has 2 unspecified atom stereocenters. The fourth-order valence-corrected chi connectivity index (χ4v) is 2.80. The van der Waals surface area contributed by atoms with E-state index in [1.807, 2.05) is 13.1 Å². The van der Waals surface area contributed by atoms with Gasteiger partial charge in [-0.15, -0.1) is 0 Å². The zero-order valence-corrected chi connectivity index (χ0v) is 13.5. The molecule has 0 saturated carbocycles. The highest BCUT2D eigenvalue weighted by Gasteiger charge is 2.19. The third kappa shape index (κ3) is 6.20. The summed E-state index contributed by atoms with van der Waals surface area (Å²) in [5.74, 6) is 0.713. The monoisotopic (exact) mass is 262 g/mol. The van der Waals surface area contributed by atoms with Gasteiger partial charge >= 0.3 is 0 Å². The molecule has 0 fully saturated rings. The number of hydrogen-bond donors (Lipinski definition) is 1. The van der Waals surface area contributed by atoms with Gasteiger partial charge in [0.2, 0.25) is 0 Å². The molecule has 0 aromatic carbocycles. The molecule has 0 radical (unpaired) electrons. The third-order valence-electron chi connectivity index (χ3n) is 3.39. The van der Waals surface area contributed by atoms with Crippen molar-refractivity contribution in [1.29, 1.82) is 0 Å². The molecule has 0 aliphatic heterocycles. The highest BCUT2D eigenvalue weighted by atomic mass is 14.9. The average Bonchev–Trinajstić information content (AvgIpc) is 2.27. The maximum absolute atomic E-state index is 4.42. The Morgan fingerprint density at radius 3 is 2.42 bits per heavy atom. The summed E-state index contributed by atoms with van der Waals surface area (Å²) in [6, 6.07) is 4.74. The Hall–Kier alpha value is -0.890. The molecule has 19 heavy (non-hydrogen) atoms. The van der Waals surface area contributed by atoms with Crippen molar-refractivity contribution >= 4 is 0 Å². The van der Waals surface area contributed by atoms with E-state index in [2.05, 4.69) is 57.1 Å². The van der Waals surface area contributed by atoms with Crippen LogP contribution in [0.4, 0.5) is 0 Å². The van der Waals surface area contributed by atoms with Crippen LogP contribution in [0.5, 0.6) is 0 Å². The van der Waals surface area contributed by atoms with Crippen molar-refractivity contribution in [2.45, 2.75) is 60.4 Å². The number of hydrogen-bond acceptors (Lipinski definition) is 2. The smallest absolute Gasteiger partial charge is 0.0372 e. The second-order valence-corrected chi connectivity index (χ2v) is 6.95. The lowest BCUT2D eigenvalue weighted by Gasteiger charge is -2.27. The topological polar surface area (TPSA) is 24.9 Å². The maximum Gasteiger partial charge on any atom is 0.0372 e. The Morgan fingerprint density at radius 1 is 1.26 bits per heavy atom. The number of rotatable bonds is 6. The Bertz CT molecular complexity index is 362. The Labute approximate surface area is 119 Å². The van der Waals surface area contributed by atoms with Gasteiger partial charge in [-0.25, -0.2) is 0 Å². The summed E-state index contributed by atoms with van der Waals surface area (Å²) >= 11 is 0. The number of aryl methyl sites for hydroxylation is 1. The number of aromatic nitrogens is 1. The summed E-state index contributed by atoms with van der Waals surface area (Å²) in [6.07, 6.45) is 4.45. The summed E-state index contributed by atoms with van der Waals surface area (Å²) in [7, 11) is 0. The molecular formula is C17H30N2. The van der Waals surface area contributed by atoms with Gasteiger partial charge in [-0.2, -0.15) is 0 Å². The zero-order chi connectivity index (χ0) is 14.5. The Morgan fingerprint density at radius 2 is 1.95 bits per heavy atom. The molecule has 1 heterocycles. The zero-order valence-electron chi connectivity index (χ0n) is 13.5. The lowest BCUT2D eigenvalue weighted by molar-refractivity contribution is 0.276. The van der Waals surface area contributed by atoms with Crippen molar-refractivity contribution in [3.63, 3.8) is 0 Å². The lowest BCUT2D eigenvalue weighted by atomic mass is 9.82. The van der Waals surface area contributed by atoms with Crippen LogP contribution >= 0.6 is 0 Å². The molecule has 0 saturated heterocycles. The highest BCUT2D eigenvalue weighted by molar-refractivity contribution is 5.17. The molecule has 0 amide bonds. The summed E-state index contributed by atoms with van der Waals surface area (Å²) in [5, 5.41) is 3.60. The summed E-state index contributed by atoms with van der Waals surface area (Å²) in [6.45, 7) is 14.5. The Balaban J connectivity index is 2.70. The van der Waals surface area contributed by atoms with Crippen LogP contribution in [-0.4, -0.2) is 11.5 Å². The molecule has 2 nitrogen and oxygen atoms in total. The van der Waals surface area contributed by atoms with Crippen LogP contribution in [0.2, 0.25) is 0 Å². The second kappa shape index (κ2) is 7.04. The van der Waals surface area contributed by atoms with Crippen LogP contribution in [0.1, 0.15) is 64.8 Å². The van der Waals surface area contributed by atoms with Gasteiger partial charge in [0.05, 0.1) is 0 Å². The van der Waals surface area contributed by atoms with Gasteiger partial charge < -0.3 is 5.32 Å². The Kier molecular flexibility index (Phi) is 5.99. The molecule has 1 rings (SSSR count). The van der Waals surface area contributed by atoms with Gasteiger partial charge in [0, 0.05) is 17.9 Å². The quantitative estimate of drug-likeness (QED) is 0.816. The van der Waals surface area contributed by atoms with Gasteiger partial charge in [-0.3, -0.25) is 4.98 Å². The second-order valence-electron chi connectivity index (χ2n) is 6.95. The van der Waals surface area contributed by atoms with E-state index in [1.54, 1.807) is 0 Å². The van der Waals surface area contributed by atoms with Gasteiger partial charge in [0.25, 0.3) is 0 Å². The van der Waals surface area contributed by atoms with E-state index in [9.17, 15) is 0 Å². The first-order valence-electron chi connectivity index (χ1n) is 7.47. The minimum absolute atomic E-state index is 0.404. The van der Waals surface area contributed by atoms with E-state index >= 15 is 0 Å². The van der Waals surface area contributed by atoms with Crippen LogP contribution in [0.3, 0.4) is 0 Å². The van der Waals surface area contributed by atoms with Gasteiger partial charge in [-0.05, 0) is 49.3 Å². The number of pyridine rings is 1. The fraction of sp³-hybridized carbons (Fsp3) is 0.706. The molecule has 2 atom stereocenters. The van der Waals surface area contributed by atoms with Gasteiger partial charge in [0.15, 0.2) is 0 Å². The van der Waals surface area contributed by atoms with Crippen molar-refractivity contribution in [2.24, 2.45) is 11.3 Å². The van der Waals surface area contributed by atoms with E-state index in [0.717, 1.165) is 12.2 Å². The average molecular weight is 262 g/mol. The normalized spacial score (nSPS) is 15.3. The molecule has 0 aliphatic carbocycles. The van der Waals surface area contributed by atoms with E-state index in [0.29, 0.717) is 17.4 Å². The van der Waals surface area contributed by atoms with Crippen molar-refractivity contribution in [2.75, 3.05) is 6.54 Å². The first kappa shape index (κ1) is 16.2. The molecule has 1 aromatic rings. The van der Waals surface area contributed by atoms with Crippen LogP contribution < -0.4 is 5.32 Å². The first-order valence-corrected chi connectivity index (χ1v) is 7.47. The van der Waals surface area contributed by atoms with Crippen molar-refractivity contribution in [1.82, 2.24) is 10.3 Å². The molecule has 1 aromatic heterocycles. The van der Waals surface area contributed by atoms with Crippen molar-refractivity contribution in [3.05, 3.63) is 29.6 Å². The predicted octanol–water partition coefficient (Wildman–Crippen LogP) is 4.50. The van der Waals surface area contributed by atoms with E-state index in [4.69, 9.17) is 0 Å². The van der Waals surface area contributed by atoms with Gasteiger partial charge in [0.1, 0.15) is 0 Å². The molecule has 0 spiro atoms. The van der Waals surface area contributed by atoms with E-state index in [-0.39, 0.29) is 0 Å². The van der Waals surface area contributed by atoms with Crippen LogP contribution in [-0.2, 0) is 0 Å². The maximum atomic E-state index is 4.42. The van der Waals surface area contributed by atoms with E-state index in [1.165, 1.54) is 18.4 Å². The summed E-state index contributed by atoms with van der Waals surface area (Å²) < 4.78 is 0. The lowest BCUT2D eigenvalue weighted by Crippen LogP contribution is -2.24. The largest absolute Gasteiger partial charge is 0.310 e. The molecule has 0 bridgehead atoms. The predicted molar refractivity (Wildman–Crippen MR) is 83.2 cm³/mol. The number of nitrogens with zero attached hydrogens (tertiary/aromatic N) is 1. The van der Waals surface area contributed by atoms with Gasteiger partial charge in [-0.1, -0.05) is 40.7 Å². The molecule has 0 aliphatic rings. The standard InChI is InChI=1S/C17H30N2/c1-7-18-16(10-13(2)11-17(4,5)6)15-9-8-14(3)19-12-15/h8-9,12-13,16,18H,7,10-11H2,1-6H3.